The van der Waals surface area contributed by atoms with E-state index in [4.69, 9.17) is 11.6 Å². The number of nitrogens with one attached hydrogen (secondary N) is 1. The predicted molar refractivity (Wildman–Crippen MR) is 68.1 cm³/mol. The molecule has 0 saturated carbocycles. The molecule has 1 aromatic heterocycles. The molecule has 0 aliphatic carbocycles. The first-order valence-corrected chi connectivity index (χ1v) is 5.48. The SMILES string of the molecule is O=C(Nc1ncccn1)c1cc(Cl)ccc1[N+](=O)[O-]. The molecule has 0 aliphatic heterocycles. The number of hydrogen-bond acceptors (Lipinski definition) is 5. The number of amides is 1. The van der Waals surface area contributed by atoms with Gasteiger partial charge in [-0.3, -0.25) is 20.2 Å². The van der Waals surface area contributed by atoms with Crippen LogP contribution in [0.1, 0.15) is 10.4 Å². The minimum atomic E-state index is -0.694. The normalized spacial score (nSPS) is 9.95. The van der Waals surface area contributed by atoms with Crippen LogP contribution in [0.15, 0.2) is 36.7 Å². The van der Waals surface area contributed by atoms with Crippen LogP contribution < -0.4 is 5.32 Å². The molecule has 8 heteroatoms. The van der Waals surface area contributed by atoms with Crippen LogP contribution in [0.2, 0.25) is 5.02 Å². The smallest absolute Gasteiger partial charge is 0.282 e. The van der Waals surface area contributed by atoms with E-state index in [0.29, 0.717) is 0 Å². The minimum Gasteiger partial charge on any atom is -0.290 e. The van der Waals surface area contributed by atoms with Crippen molar-refractivity contribution in [3.8, 4) is 0 Å². The minimum absolute atomic E-state index is 0.0572. The lowest BCUT2D eigenvalue weighted by atomic mass is 10.1. The summed E-state index contributed by atoms with van der Waals surface area (Å²) in [6.45, 7) is 0. The van der Waals surface area contributed by atoms with Crippen molar-refractivity contribution in [3.05, 3.63) is 57.4 Å². The van der Waals surface area contributed by atoms with Crippen LogP contribution in [-0.2, 0) is 0 Å². The largest absolute Gasteiger partial charge is 0.290 e. The number of nitro groups is 1. The number of carbonyl (C=O) groups is 1. The van der Waals surface area contributed by atoms with E-state index in [0.717, 1.165) is 0 Å². The number of rotatable bonds is 3. The van der Waals surface area contributed by atoms with Gasteiger partial charge in [-0.25, -0.2) is 9.97 Å². The maximum Gasteiger partial charge on any atom is 0.282 e. The van der Waals surface area contributed by atoms with Gasteiger partial charge in [0, 0.05) is 23.5 Å². The Kier molecular flexibility index (Phi) is 3.67. The zero-order valence-electron chi connectivity index (χ0n) is 9.41. The van der Waals surface area contributed by atoms with E-state index in [9.17, 15) is 14.9 Å². The molecule has 0 fully saturated rings. The molecule has 1 amide bonds. The van der Waals surface area contributed by atoms with Crippen molar-refractivity contribution >= 4 is 29.1 Å². The van der Waals surface area contributed by atoms with E-state index in [2.05, 4.69) is 15.3 Å². The molecule has 7 nitrogen and oxygen atoms in total. The second-order valence-electron chi connectivity index (χ2n) is 3.45. The average molecular weight is 279 g/mol. The quantitative estimate of drug-likeness (QED) is 0.686. The molecule has 0 spiro atoms. The molecule has 2 aromatic rings. The van der Waals surface area contributed by atoms with Gasteiger partial charge in [0.1, 0.15) is 5.56 Å². The summed E-state index contributed by atoms with van der Waals surface area (Å²) in [5, 5.41) is 13.4. The molecule has 0 unspecified atom stereocenters. The summed E-state index contributed by atoms with van der Waals surface area (Å²) >= 11 is 5.73. The Bertz CT molecular complexity index is 633. The van der Waals surface area contributed by atoms with Gasteiger partial charge in [-0.1, -0.05) is 11.6 Å². The van der Waals surface area contributed by atoms with Crippen molar-refractivity contribution in [2.24, 2.45) is 0 Å². The van der Waals surface area contributed by atoms with Crippen molar-refractivity contribution in [1.82, 2.24) is 9.97 Å². The van der Waals surface area contributed by atoms with Gasteiger partial charge in [0.05, 0.1) is 4.92 Å². The molecule has 96 valence electrons. The van der Waals surface area contributed by atoms with Crippen molar-refractivity contribution in [2.75, 3.05) is 5.32 Å². The third-order valence-corrected chi connectivity index (χ3v) is 2.43. The van der Waals surface area contributed by atoms with Gasteiger partial charge in [-0.2, -0.15) is 0 Å². The van der Waals surface area contributed by atoms with E-state index in [1.54, 1.807) is 6.07 Å². The first kappa shape index (κ1) is 12.9. The molecular formula is C11H7ClN4O3. The number of anilines is 1. The Morgan fingerprint density at radius 1 is 1.32 bits per heavy atom. The molecule has 19 heavy (non-hydrogen) atoms. The first-order valence-electron chi connectivity index (χ1n) is 5.10. The highest BCUT2D eigenvalue weighted by Crippen LogP contribution is 2.23. The van der Waals surface area contributed by atoms with E-state index in [-0.39, 0.29) is 22.2 Å². The highest BCUT2D eigenvalue weighted by atomic mass is 35.5. The Labute approximate surface area is 112 Å². The molecule has 2 rings (SSSR count). The number of hydrogen-bond donors (Lipinski definition) is 1. The molecule has 0 radical (unpaired) electrons. The van der Waals surface area contributed by atoms with Crippen molar-refractivity contribution < 1.29 is 9.72 Å². The molecule has 0 atom stereocenters. The topological polar surface area (TPSA) is 98.0 Å². The molecule has 0 saturated heterocycles. The van der Waals surface area contributed by atoms with Crippen LogP contribution in [-0.4, -0.2) is 20.8 Å². The number of benzene rings is 1. The van der Waals surface area contributed by atoms with E-state index in [1.165, 1.54) is 30.6 Å². The molecule has 1 N–H and O–H groups in total. The molecule has 1 aromatic carbocycles. The summed E-state index contributed by atoms with van der Waals surface area (Å²) < 4.78 is 0. The van der Waals surface area contributed by atoms with Crippen LogP contribution in [0.5, 0.6) is 0 Å². The number of carbonyl (C=O) groups excluding carboxylic acids is 1. The lowest BCUT2D eigenvalue weighted by Gasteiger charge is -2.04. The summed E-state index contributed by atoms with van der Waals surface area (Å²) in [5.74, 6) is -0.637. The summed E-state index contributed by atoms with van der Waals surface area (Å²) in [7, 11) is 0. The fourth-order valence-corrected chi connectivity index (χ4v) is 1.55. The number of nitrogens with zero attached hydrogens (tertiary/aromatic N) is 3. The van der Waals surface area contributed by atoms with Gasteiger partial charge in [0.15, 0.2) is 0 Å². The predicted octanol–water partition coefficient (Wildman–Crippen LogP) is 2.29. The second-order valence-corrected chi connectivity index (χ2v) is 3.88. The monoisotopic (exact) mass is 278 g/mol. The molecule has 1 heterocycles. The van der Waals surface area contributed by atoms with Gasteiger partial charge < -0.3 is 0 Å². The maximum atomic E-state index is 11.9. The Morgan fingerprint density at radius 3 is 2.63 bits per heavy atom. The van der Waals surface area contributed by atoms with Gasteiger partial charge in [-0.15, -0.1) is 0 Å². The van der Waals surface area contributed by atoms with Gasteiger partial charge in [-0.05, 0) is 18.2 Å². The van der Waals surface area contributed by atoms with E-state index >= 15 is 0 Å². The van der Waals surface area contributed by atoms with Crippen LogP contribution in [0, 0.1) is 10.1 Å². The molecule has 0 aliphatic rings. The summed E-state index contributed by atoms with van der Waals surface area (Å²) in [5.41, 5.74) is -0.484. The lowest BCUT2D eigenvalue weighted by Crippen LogP contribution is -2.15. The first-order chi connectivity index (χ1) is 9.08. The van der Waals surface area contributed by atoms with Gasteiger partial charge in [0.25, 0.3) is 11.6 Å². The Hall–Kier alpha value is -2.54. The Morgan fingerprint density at radius 2 is 2.00 bits per heavy atom. The third-order valence-electron chi connectivity index (χ3n) is 2.19. The number of nitro benzene ring substituents is 1. The van der Waals surface area contributed by atoms with E-state index in [1.807, 2.05) is 0 Å². The zero-order valence-corrected chi connectivity index (χ0v) is 10.2. The van der Waals surface area contributed by atoms with Crippen LogP contribution in [0.25, 0.3) is 0 Å². The van der Waals surface area contributed by atoms with Gasteiger partial charge in [0.2, 0.25) is 5.95 Å². The fraction of sp³-hybridized carbons (Fsp3) is 0. The zero-order chi connectivity index (χ0) is 13.8. The highest BCUT2D eigenvalue weighted by molar-refractivity contribution is 6.31. The summed E-state index contributed by atoms with van der Waals surface area (Å²) in [6, 6.07) is 5.31. The lowest BCUT2D eigenvalue weighted by molar-refractivity contribution is -0.385. The highest BCUT2D eigenvalue weighted by Gasteiger charge is 2.21. The molecule has 0 bridgehead atoms. The summed E-state index contributed by atoms with van der Waals surface area (Å²) in [4.78, 5) is 29.7. The van der Waals surface area contributed by atoms with Crippen molar-refractivity contribution in [3.63, 3.8) is 0 Å². The Balaban J connectivity index is 2.33. The van der Waals surface area contributed by atoms with Gasteiger partial charge >= 0.3 is 0 Å². The fourth-order valence-electron chi connectivity index (χ4n) is 1.38. The number of halogens is 1. The standard InChI is InChI=1S/C11H7ClN4O3/c12-7-2-3-9(16(18)19)8(6-7)10(17)15-11-13-4-1-5-14-11/h1-6H,(H,13,14,15,17). The van der Waals surface area contributed by atoms with Crippen LogP contribution in [0.4, 0.5) is 11.6 Å². The molecular weight excluding hydrogens is 272 g/mol. The van der Waals surface area contributed by atoms with Crippen molar-refractivity contribution in [2.45, 2.75) is 0 Å². The van der Waals surface area contributed by atoms with Crippen LogP contribution >= 0.6 is 11.6 Å². The second kappa shape index (κ2) is 5.40. The summed E-state index contributed by atoms with van der Waals surface area (Å²) in [6.07, 6.45) is 2.88. The maximum absolute atomic E-state index is 11.9. The van der Waals surface area contributed by atoms with E-state index < -0.39 is 10.8 Å². The third kappa shape index (κ3) is 3.02. The number of aromatic nitrogens is 2. The van der Waals surface area contributed by atoms with Crippen molar-refractivity contribution in [1.29, 1.82) is 0 Å². The van der Waals surface area contributed by atoms with Crippen LogP contribution in [0.3, 0.4) is 0 Å². The average Bonchev–Trinajstić information content (AvgIpc) is 2.39.